The molecule has 0 amide bonds. The Labute approximate surface area is 81.9 Å². The van der Waals surface area contributed by atoms with Gasteiger partial charge in [0.2, 0.25) is 0 Å². The monoisotopic (exact) mass is 182 g/mol. The summed E-state index contributed by atoms with van der Waals surface area (Å²) in [6, 6.07) is 0. The highest BCUT2D eigenvalue weighted by Gasteiger charge is 2.28. The fourth-order valence-corrected chi connectivity index (χ4v) is 1.95. The Hall–Kier alpha value is -0.330. The van der Waals surface area contributed by atoms with E-state index < -0.39 is 0 Å². The van der Waals surface area contributed by atoms with Crippen molar-refractivity contribution in [2.45, 2.75) is 59.3 Å². The number of ketones is 1. The number of hydrogen-bond acceptors (Lipinski definition) is 1. The Morgan fingerprint density at radius 2 is 1.85 bits per heavy atom. The van der Waals surface area contributed by atoms with Crippen LogP contribution in [0.25, 0.3) is 0 Å². The standard InChI is InChI=1S/C12H22O/c1-4-12(2,3)11(13)9-10-7-5-6-8-10/h10H,4-9H2,1-3H3. The third-order valence-electron chi connectivity index (χ3n) is 3.59. The van der Waals surface area contributed by atoms with E-state index in [1.54, 1.807) is 0 Å². The molecule has 0 aromatic heterocycles. The van der Waals surface area contributed by atoms with E-state index in [1.807, 2.05) is 0 Å². The van der Waals surface area contributed by atoms with E-state index in [2.05, 4.69) is 20.8 Å². The quantitative estimate of drug-likeness (QED) is 0.649. The lowest BCUT2D eigenvalue weighted by Crippen LogP contribution is -2.24. The van der Waals surface area contributed by atoms with Gasteiger partial charge in [-0.3, -0.25) is 4.79 Å². The molecule has 0 aromatic carbocycles. The lowest BCUT2D eigenvalue weighted by Gasteiger charge is -2.22. The first-order valence-electron chi connectivity index (χ1n) is 5.59. The van der Waals surface area contributed by atoms with Gasteiger partial charge < -0.3 is 0 Å². The van der Waals surface area contributed by atoms with Gasteiger partial charge in [0, 0.05) is 11.8 Å². The number of carbonyl (C=O) groups is 1. The van der Waals surface area contributed by atoms with E-state index in [4.69, 9.17) is 0 Å². The van der Waals surface area contributed by atoms with Crippen LogP contribution in [0.15, 0.2) is 0 Å². The molecular formula is C12H22O. The normalized spacial score (nSPS) is 19.3. The number of carbonyl (C=O) groups excluding carboxylic acids is 1. The summed E-state index contributed by atoms with van der Waals surface area (Å²) in [7, 11) is 0. The van der Waals surface area contributed by atoms with E-state index in [0.717, 1.165) is 12.8 Å². The van der Waals surface area contributed by atoms with E-state index in [0.29, 0.717) is 11.7 Å². The van der Waals surface area contributed by atoms with Crippen LogP contribution in [-0.2, 0) is 4.79 Å². The fourth-order valence-electron chi connectivity index (χ4n) is 1.95. The molecule has 1 fully saturated rings. The summed E-state index contributed by atoms with van der Waals surface area (Å²) in [5, 5.41) is 0. The average molecular weight is 182 g/mol. The molecule has 1 aliphatic rings. The van der Waals surface area contributed by atoms with Gasteiger partial charge in [0.05, 0.1) is 0 Å². The van der Waals surface area contributed by atoms with Crippen molar-refractivity contribution in [2.24, 2.45) is 11.3 Å². The van der Waals surface area contributed by atoms with Gasteiger partial charge in [-0.1, -0.05) is 46.5 Å². The minimum absolute atomic E-state index is 0.0808. The van der Waals surface area contributed by atoms with Crippen LogP contribution >= 0.6 is 0 Å². The summed E-state index contributed by atoms with van der Waals surface area (Å²) in [4.78, 5) is 11.9. The molecule has 0 N–H and O–H groups in total. The van der Waals surface area contributed by atoms with Crippen LogP contribution in [-0.4, -0.2) is 5.78 Å². The maximum atomic E-state index is 11.9. The predicted molar refractivity (Wildman–Crippen MR) is 55.7 cm³/mol. The minimum atomic E-state index is -0.0808. The van der Waals surface area contributed by atoms with Gasteiger partial charge in [-0.2, -0.15) is 0 Å². The maximum Gasteiger partial charge on any atom is 0.138 e. The van der Waals surface area contributed by atoms with E-state index in [9.17, 15) is 4.79 Å². The highest BCUT2D eigenvalue weighted by Crippen LogP contribution is 2.32. The van der Waals surface area contributed by atoms with Gasteiger partial charge in [-0.25, -0.2) is 0 Å². The zero-order chi connectivity index (χ0) is 9.90. The zero-order valence-electron chi connectivity index (χ0n) is 9.23. The van der Waals surface area contributed by atoms with Gasteiger partial charge in [0.25, 0.3) is 0 Å². The molecule has 0 spiro atoms. The molecule has 0 aliphatic heterocycles. The Morgan fingerprint density at radius 1 is 1.31 bits per heavy atom. The second-order valence-electron chi connectivity index (χ2n) is 5.02. The van der Waals surface area contributed by atoms with E-state index in [-0.39, 0.29) is 5.41 Å². The molecule has 0 saturated heterocycles. The fraction of sp³-hybridized carbons (Fsp3) is 0.917. The van der Waals surface area contributed by atoms with Crippen molar-refractivity contribution in [1.82, 2.24) is 0 Å². The molecule has 0 aromatic rings. The Morgan fingerprint density at radius 3 is 2.31 bits per heavy atom. The van der Waals surface area contributed by atoms with Gasteiger partial charge in [0.1, 0.15) is 5.78 Å². The summed E-state index contributed by atoms with van der Waals surface area (Å²) < 4.78 is 0. The van der Waals surface area contributed by atoms with Crippen molar-refractivity contribution in [3.05, 3.63) is 0 Å². The molecule has 13 heavy (non-hydrogen) atoms. The lowest BCUT2D eigenvalue weighted by atomic mass is 9.81. The van der Waals surface area contributed by atoms with Crippen molar-refractivity contribution in [3.8, 4) is 0 Å². The van der Waals surface area contributed by atoms with E-state index in [1.165, 1.54) is 25.7 Å². The third kappa shape index (κ3) is 2.82. The Balaban J connectivity index is 2.39. The van der Waals surface area contributed by atoms with Crippen molar-refractivity contribution in [3.63, 3.8) is 0 Å². The van der Waals surface area contributed by atoms with Crippen LogP contribution in [0, 0.1) is 11.3 Å². The highest BCUT2D eigenvalue weighted by molar-refractivity contribution is 5.84. The van der Waals surface area contributed by atoms with Crippen molar-refractivity contribution >= 4 is 5.78 Å². The molecule has 0 radical (unpaired) electrons. The van der Waals surface area contributed by atoms with Gasteiger partial charge >= 0.3 is 0 Å². The van der Waals surface area contributed by atoms with Crippen LogP contribution in [0.1, 0.15) is 59.3 Å². The summed E-state index contributed by atoms with van der Waals surface area (Å²) in [6.45, 7) is 6.25. The van der Waals surface area contributed by atoms with Crippen LogP contribution in [0.3, 0.4) is 0 Å². The van der Waals surface area contributed by atoms with Gasteiger partial charge in [-0.15, -0.1) is 0 Å². The first-order chi connectivity index (χ1) is 6.06. The van der Waals surface area contributed by atoms with Crippen LogP contribution < -0.4 is 0 Å². The predicted octanol–water partition coefficient (Wildman–Crippen LogP) is 3.57. The Kier molecular flexibility index (Phi) is 3.52. The van der Waals surface area contributed by atoms with Gasteiger partial charge in [-0.05, 0) is 12.3 Å². The molecule has 0 atom stereocenters. The lowest BCUT2D eigenvalue weighted by molar-refractivity contribution is -0.128. The Bertz CT molecular complexity index is 176. The second kappa shape index (κ2) is 4.26. The van der Waals surface area contributed by atoms with Crippen molar-refractivity contribution in [2.75, 3.05) is 0 Å². The topological polar surface area (TPSA) is 17.1 Å². The third-order valence-corrected chi connectivity index (χ3v) is 3.59. The molecule has 0 heterocycles. The van der Waals surface area contributed by atoms with Crippen molar-refractivity contribution in [1.29, 1.82) is 0 Å². The molecular weight excluding hydrogens is 160 g/mol. The molecule has 0 bridgehead atoms. The van der Waals surface area contributed by atoms with Gasteiger partial charge in [0.15, 0.2) is 0 Å². The molecule has 1 rings (SSSR count). The van der Waals surface area contributed by atoms with Crippen LogP contribution in [0.4, 0.5) is 0 Å². The van der Waals surface area contributed by atoms with E-state index >= 15 is 0 Å². The zero-order valence-corrected chi connectivity index (χ0v) is 9.23. The summed E-state index contributed by atoms with van der Waals surface area (Å²) in [5.74, 6) is 1.18. The highest BCUT2D eigenvalue weighted by atomic mass is 16.1. The molecule has 0 unspecified atom stereocenters. The number of hydrogen-bond donors (Lipinski definition) is 0. The van der Waals surface area contributed by atoms with Crippen LogP contribution in [0.2, 0.25) is 0 Å². The van der Waals surface area contributed by atoms with Crippen LogP contribution in [0.5, 0.6) is 0 Å². The summed E-state index contributed by atoms with van der Waals surface area (Å²) in [5.41, 5.74) is -0.0808. The molecule has 1 nitrogen and oxygen atoms in total. The first kappa shape index (κ1) is 10.7. The molecule has 1 heteroatoms. The first-order valence-corrected chi connectivity index (χ1v) is 5.59. The molecule has 1 saturated carbocycles. The maximum absolute atomic E-state index is 11.9. The summed E-state index contributed by atoms with van der Waals surface area (Å²) >= 11 is 0. The minimum Gasteiger partial charge on any atom is -0.299 e. The summed E-state index contributed by atoms with van der Waals surface area (Å²) in [6.07, 6.45) is 7.05. The largest absolute Gasteiger partial charge is 0.299 e. The average Bonchev–Trinajstić information content (AvgIpc) is 2.57. The second-order valence-corrected chi connectivity index (χ2v) is 5.02. The molecule has 76 valence electrons. The van der Waals surface area contributed by atoms with Crippen molar-refractivity contribution < 1.29 is 4.79 Å². The molecule has 1 aliphatic carbocycles. The number of rotatable bonds is 4. The SMILES string of the molecule is CCC(C)(C)C(=O)CC1CCCC1. The number of Topliss-reactive ketones (excluding diaryl/α,β-unsaturated/α-hetero) is 1. The smallest absolute Gasteiger partial charge is 0.138 e.